The van der Waals surface area contributed by atoms with E-state index in [0.29, 0.717) is 0 Å². The molecule has 6 heteroatoms. The van der Waals surface area contributed by atoms with E-state index < -0.39 is 0 Å². The van der Waals surface area contributed by atoms with E-state index in [9.17, 15) is 9.59 Å². The number of fused-ring (bicyclic) bond motifs is 1. The van der Waals surface area contributed by atoms with Gasteiger partial charge in [-0.15, -0.1) is 6.58 Å². The molecule has 0 radical (unpaired) electrons. The van der Waals surface area contributed by atoms with Gasteiger partial charge in [-0.2, -0.15) is 0 Å². The number of para-hydroxylation sites is 1. The number of thiazole rings is 1. The van der Waals surface area contributed by atoms with Crippen molar-refractivity contribution in [3.63, 3.8) is 0 Å². The molecular weight excluding hydrogens is 252 g/mol. The lowest BCUT2D eigenvalue weighted by Gasteiger charge is -2.05. The molecule has 1 N–H and O–H groups in total. The molecule has 0 spiro atoms. The van der Waals surface area contributed by atoms with Crippen molar-refractivity contribution in [2.24, 2.45) is 0 Å². The summed E-state index contributed by atoms with van der Waals surface area (Å²) in [5.74, 6) is -0.373. The van der Waals surface area contributed by atoms with Gasteiger partial charge in [0.25, 0.3) is 5.91 Å². The number of aromatic nitrogens is 1. The number of carbonyl (C=O) groups is 1. The Labute approximate surface area is 107 Å². The third-order valence-electron chi connectivity index (χ3n) is 2.26. The van der Waals surface area contributed by atoms with Crippen molar-refractivity contribution in [1.29, 1.82) is 0 Å². The van der Waals surface area contributed by atoms with Gasteiger partial charge in [-0.05, 0) is 12.1 Å². The van der Waals surface area contributed by atoms with Crippen molar-refractivity contribution in [3.8, 4) is 0 Å². The van der Waals surface area contributed by atoms with E-state index in [4.69, 9.17) is 4.84 Å². The lowest BCUT2D eigenvalue weighted by molar-refractivity contribution is -0.133. The predicted octanol–water partition coefficient (Wildman–Crippen LogP) is 1.30. The zero-order valence-electron chi connectivity index (χ0n) is 9.59. The summed E-state index contributed by atoms with van der Waals surface area (Å²) < 4.78 is 2.29. The Kier molecular flexibility index (Phi) is 3.91. The number of hydroxylamine groups is 1. The number of hydrogen-bond donors (Lipinski definition) is 1. The lowest BCUT2D eigenvalue weighted by atomic mass is 10.3. The van der Waals surface area contributed by atoms with Crippen LogP contribution in [0.4, 0.5) is 0 Å². The van der Waals surface area contributed by atoms with Crippen LogP contribution in [0.1, 0.15) is 0 Å². The van der Waals surface area contributed by atoms with Gasteiger partial charge in [-0.3, -0.25) is 19.0 Å². The van der Waals surface area contributed by atoms with Crippen LogP contribution in [0.3, 0.4) is 0 Å². The van der Waals surface area contributed by atoms with Crippen LogP contribution in [-0.4, -0.2) is 17.1 Å². The maximum Gasteiger partial charge on any atom is 0.308 e. The van der Waals surface area contributed by atoms with Crippen LogP contribution in [0.15, 0.2) is 41.7 Å². The topological polar surface area (TPSA) is 60.3 Å². The van der Waals surface area contributed by atoms with E-state index in [1.54, 1.807) is 0 Å². The van der Waals surface area contributed by atoms with E-state index in [0.717, 1.165) is 21.6 Å². The third-order valence-corrected chi connectivity index (χ3v) is 3.22. The Balaban J connectivity index is 2.16. The van der Waals surface area contributed by atoms with Gasteiger partial charge in [-0.1, -0.05) is 29.5 Å². The minimum absolute atomic E-state index is 0.0556. The highest BCUT2D eigenvalue weighted by molar-refractivity contribution is 7.16. The normalized spacial score (nSPS) is 10.4. The summed E-state index contributed by atoms with van der Waals surface area (Å²) in [5.41, 5.74) is 3.00. The standard InChI is InChI=1S/C12H12N2O3S/c1-2-7-17-13-11(15)8-14-9-5-3-4-6-10(9)18-12(14)16/h2-6H,1,7-8H2,(H,13,15). The van der Waals surface area contributed by atoms with Crippen LogP contribution in [0, 0.1) is 0 Å². The summed E-state index contributed by atoms with van der Waals surface area (Å²) >= 11 is 1.12. The fourth-order valence-corrected chi connectivity index (χ4v) is 2.41. The molecular formula is C12H12N2O3S. The van der Waals surface area contributed by atoms with Gasteiger partial charge >= 0.3 is 4.87 Å². The third kappa shape index (κ3) is 2.66. The maximum absolute atomic E-state index is 11.7. The van der Waals surface area contributed by atoms with Crippen LogP contribution in [0.25, 0.3) is 10.2 Å². The first-order valence-corrected chi connectivity index (χ1v) is 6.14. The smallest absolute Gasteiger partial charge is 0.289 e. The van der Waals surface area contributed by atoms with Gasteiger partial charge in [0.1, 0.15) is 6.54 Å². The fraction of sp³-hybridized carbons (Fsp3) is 0.167. The first-order valence-electron chi connectivity index (χ1n) is 5.32. The number of nitrogens with one attached hydrogen (secondary N) is 1. The first-order chi connectivity index (χ1) is 8.72. The summed E-state index contributed by atoms with van der Waals surface area (Å²) in [5, 5.41) is 0. The molecule has 1 aromatic heterocycles. The fourth-order valence-electron chi connectivity index (χ4n) is 1.52. The van der Waals surface area contributed by atoms with E-state index in [1.807, 2.05) is 24.3 Å². The molecule has 0 aliphatic carbocycles. The van der Waals surface area contributed by atoms with E-state index in [2.05, 4.69) is 12.1 Å². The summed E-state index contributed by atoms with van der Waals surface area (Å²) in [7, 11) is 0. The highest BCUT2D eigenvalue weighted by Gasteiger charge is 2.10. The van der Waals surface area contributed by atoms with Gasteiger partial charge in [0.15, 0.2) is 0 Å². The molecule has 1 heterocycles. The molecule has 5 nitrogen and oxygen atoms in total. The summed E-state index contributed by atoms with van der Waals surface area (Å²) in [6, 6.07) is 7.35. The van der Waals surface area contributed by atoms with Crippen LogP contribution in [0.2, 0.25) is 0 Å². The van der Waals surface area contributed by atoms with Crippen LogP contribution < -0.4 is 10.4 Å². The van der Waals surface area contributed by atoms with Crippen LogP contribution in [0.5, 0.6) is 0 Å². The SMILES string of the molecule is C=CCONC(=O)Cn1c(=O)sc2ccccc21. The van der Waals surface area contributed by atoms with Gasteiger partial charge in [0, 0.05) is 0 Å². The van der Waals surface area contributed by atoms with Gasteiger partial charge < -0.3 is 0 Å². The molecule has 1 aromatic carbocycles. The summed E-state index contributed by atoms with van der Waals surface area (Å²) in [6.45, 7) is 3.63. The van der Waals surface area contributed by atoms with Crippen molar-refractivity contribution in [2.75, 3.05) is 6.61 Å². The monoisotopic (exact) mass is 264 g/mol. The average molecular weight is 264 g/mol. The Morgan fingerprint density at radius 2 is 2.28 bits per heavy atom. The molecule has 0 fully saturated rings. The molecule has 2 rings (SSSR count). The van der Waals surface area contributed by atoms with E-state index >= 15 is 0 Å². The largest absolute Gasteiger partial charge is 0.308 e. The van der Waals surface area contributed by atoms with Crippen LogP contribution >= 0.6 is 11.3 Å². The van der Waals surface area contributed by atoms with Crippen molar-refractivity contribution in [3.05, 3.63) is 46.6 Å². The lowest BCUT2D eigenvalue weighted by Crippen LogP contribution is -2.30. The summed E-state index contributed by atoms with van der Waals surface area (Å²) in [6.07, 6.45) is 1.52. The van der Waals surface area contributed by atoms with Crippen LogP contribution in [-0.2, 0) is 16.2 Å². The number of amides is 1. The predicted molar refractivity (Wildman–Crippen MR) is 70.4 cm³/mol. The number of carbonyl (C=O) groups excluding carboxylic acids is 1. The van der Waals surface area contributed by atoms with Gasteiger partial charge in [0.05, 0.1) is 16.8 Å². The summed E-state index contributed by atoms with van der Waals surface area (Å²) in [4.78, 5) is 28.0. The highest BCUT2D eigenvalue weighted by Crippen LogP contribution is 2.15. The molecule has 1 amide bonds. The van der Waals surface area contributed by atoms with Gasteiger partial charge in [-0.25, -0.2) is 5.48 Å². The number of rotatable bonds is 5. The zero-order chi connectivity index (χ0) is 13.0. The number of benzene rings is 1. The first kappa shape index (κ1) is 12.5. The van der Waals surface area contributed by atoms with Gasteiger partial charge in [0.2, 0.25) is 0 Å². The van der Waals surface area contributed by atoms with Crippen molar-refractivity contribution < 1.29 is 9.63 Å². The molecule has 0 saturated heterocycles. The zero-order valence-corrected chi connectivity index (χ0v) is 10.4. The minimum Gasteiger partial charge on any atom is -0.289 e. The average Bonchev–Trinajstić information content (AvgIpc) is 2.67. The Morgan fingerprint density at radius 3 is 3.06 bits per heavy atom. The molecule has 0 atom stereocenters. The molecule has 0 saturated carbocycles. The van der Waals surface area contributed by atoms with Crippen molar-refractivity contribution >= 4 is 27.5 Å². The van der Waals surface area contributed by atoms with E-state index in [-0.39, 0.29) is 23.9 Å². The highest BCUT2D eigenvalue weighted by atomic mass is 32.1. The Hall–Kier alpha value is -1.92. The second-order valence-corrected chi connectivity index (χ2v) is 4.54. The maximum atomic E-state index is 11.7. The second kappa shape index (κ2) is 5.61. The molecule has 0 unspecified atom stereocenters. The van der Waals surface area contributed by atoms with E-state index in [1.165, 1.54) is 10.6 Å². The quantitative estimate of drug-likeness (QED) is 0.503. The Bertz CT molecular complexity index is 630. The Morgan fingerprint density at radius 1 is 1.50 bits per heavy atom. The molecule has 18 heavy (non-hydrogen) atoms. The van der Waals surface area contributed by atoms with Crippen molar-refractivity contribution in [2.45, 2.75) is 6.54 Å². The van der Waals surface area contributed by atoms with Crippen molar-refractivity contribution in [1.82, 2.24) is 10.0 Å². The second-order valence-electron chi connectivity index (χ2n) is 3.55. The molecule has 0 aliphatic heterocycles. The minimum atomic E-state index is -0.373. The number of nitrogens with zero attached hydrogens (tertiary/aromatic N) is 1. The molecule has 0 aliphatic rings. The molecule has 2 aromatic rings. The molecule has 0 bridgehead atoms. The number of hydrogen-bond acceptors (Lipinski definition) is 4. The molecule has 94 valence electrons.